The number of hydrogen-bond donors (Lipinski definition) is 0. The Bertz CT molecular complexity index is 2900. The lowest BCUT2D eigenvalue weighted by Gasteiger charge is -2.10. The highest BCUT2D eigenvalue weighted by Gasteiger charge is 2.16. The summed E-state index contributed by atoms with van der Waals surface area (Å²) in [6.07, 6.45) is 2.56. The van der Waals surface area contributed by atoms with Crippen LogP contribution in [0.25, 0.3) is 76.2 Å². The second kappa shape index (κ2) is 12.9. The summed E-state index contributed by atoms with van der Waals surface area (Å²) in [6, 6.07) is 48.6. The van der Waals surface area contributed by atoms with E-state index >= 15 is 0 Å². The summed E-state index contributed by atoms with van der Waals surface area (Å²) < 4.78 is 10.7. The average Bonchev–Trinajstić information content (AvgIpc) is 3.92. The zero-order valence-electron chi connectivity index (χ0n) is 27.0. The predicted octanol–water partition coefficient (Wildman–Crippen LogP) is 13.7. The molecular weight excluding hydrogens is 723 g/mol. The van der Waals surface area contributed by atoms with Crippen molar-refractivity contribution in [2.24, 2.45) is 0 Å². The molecule has 0 atom stereocenters. The van der Waals surface area contributed by atoms with Gasteiger partial charge in [0.15, 0.2) is 0 Å². The third-order valence-electron chi connectivity index (χ3n) is 9.72. The van der Waals surface area contributed by atoms with Crippen LogP contribution in [0.15, 0.2) is 144 Å². The smallest absolute Gasteiger partial charge is 0.0689 e. The Morgan fingerprint density at radius 3 is 1.54 bits per heavy atom. The summed E-state index contributed by atoms with van der Waals surface area (Å²) in [4.78, 5) is 0. The van der Waals surface area contributed by atoms with Crippen LogP contribution in [-0.2, 0) is 4.74 Å². The Morgan fingerprint density at radius 1 is 0.440 bits per heavy atom. The molecule has 1 aliphatic heterocycles. The molecule has 3 nitrogen and oxygen atoms in total. The summed E-state index contributed by atoms with van der Waals surface area (Å²) >= 11 is 16.3. The van der Waals surface area contributed by atoms with Crippen LogP contribution in [0.5, 0.6) is 0 Å². The van der Waals surface area contributed by atoms with Crippen molar-refractivity contribution in [3.8, 4) is 0 Å². The van der Waals surface area contributed by atoms with Gasteiger partial charge in [0.05, 0.1) is 37.6 Å². The number of aromatic nitrogens is 2. The molecule has 5 heterocycles. The SMILES string of the molecule is C1CCOC1.Clc1ccc2c(Br)c3c4ccccc4c4ccccc4n3c2c1.Clc1ccc2cc3c4ccccc4c4ccccc4n3c2c1. The molecule has 0 N–H and O–H groups in total. The Morgan fingerprint density at radius 2 is 0.920 bits per heavy atom. The topological polar surface area (TPSA) is 18.1 Å². The summed E-state index contributed by atoms with van der Waals surface area (Å²) in [5, 5.41) is 11.5. The molecule has 50 heavy (non-hydrogen) atoms. The van der Waals surface area contributed by atoms with E-state index in [0.29, 0.717) is 0 Å². The first-order valence-electron chi connectivity index (χ1n) is 16.8. The van der Waals surface area contributed by atoms with Gasteiger partial charge in [0.25, 0.3) is 0 Å². The minimum absolute atomic E-state index is 0.752. The van der Waals surface area contributed by atoms with Gasteiger partial charge >= 0.3 is 0 Å². The monoisotopic (exact) mass is 752 g/mol. The standard InChI is InChI=1S/C20H11BrClN.C20H12ClN.C4H8O/c21-19-16-10-9-12(22)11-18(16)23-17-8-4-3-6-14(17)13-5-1-2-7-15(13)20(19)23;21-14-10-9-13-11-20-17-7-2-1-5-15(17)16-6-3-4-8-18(16)22(20)19(13)12-14;1-2-4-5-3-1/h1-11H;1-12H;1-4H2. The van der Waals surface area contributed by atoms with E-state index in [4.69, 9.17) is 27.9 Å². The molecule has 244 valence electrons. The Balaban J connectivity index is 0.000000118. The first kappa shape index (κ1) is 31.4. The third kappa shape index (κ3) is 5.21. The van der Waals surface area contributed by atoms with E-state index in [9.17, 15) is 0 Å². The fourth-order valence-electron chi connectivity index (χ4n) is 7.51. The molecule has 0 radical (unpaired) electrons. The van der Waals surface area contributed by atoms with Crippen molar-refractivity contribution in [1.82, 2.24) is 8.80 Å². The molecule has 0 saturated carbocycles. The van der Waals surface area contributed by atoms with Gasteiger partial charge < -0.3 is 13.5 Å². The number of fused-ring (bicyclic) bond motifs is 16. The maximum atomic E-state index is 6.27. The lowest BCUT2D eigenvalue weighted by Crippen LogP contribution is -1.90. The first-order chi connectivity index (χ1) is 24.6. The first-order valence-corrected chi connectivity index (χ1v) is 18.4. The lowest BCUT2D eigenvalue weighted by atomic mass is 10.1. The molecule has 0 bridgehead atoms. The molecule has 1 saturated heterocycles. The molecular formula is C44H31BrCl2N2O. The summed E-state index contributed by atoms with van der Waals surface area (Å²) in [5.41, 5.74) is 7.11. The van der Waals surface area contributed by atoms with Crippen LogP contribution in [-0.4, -0.2) is 22.0 Å². The van der Waals surface area contributed by atoms with Gasteiger partial charge in [0, 0.05) is 55.6 Å². The minimum Gasteiger partial charge on any atom is -0.381 e. The number of benzene rings is 6. The van der Waals surface area contributed by atoms with E-state index in [-0.39, 0.29) is 0 Å². The van der Waals surface area contributed by atoms with E-state index in [2.05, 4.69) is 140 Å². The molecule has 0 amide bonds. The molecule has 0 unspecified atom stereocenters. The van der Waals surface area contributed by atoms with Crippen molar-refractivity contribution in [3.63, 3.8) is 0 Å². The van der Waals surface area contributed by atoms with Crippen LogP contribution in [0.1, 0.15) is 12.8 Å². The second-order valence-electron chi connectivity index (χ2n) is 12.7. The zero-order valence-corrected chi connectivity index (χ0v) is 30.1. The Labute approximate surface area is 307 Å². The second-order valence-corrected chi connectivity index (χ2v) is 14.3. The quantitative estimate of drug-likeness (QED) is 0.141. The maximum Gasteiger partial charge on any atom is 0.0689 e. The van der Waals surface area contributed by atoms with E-state index in [1.807, 2.05) is 24.3 Å². The Kier molecular flexibility index (Phi) is 8.13. The van der Waals surface area contributed by atoms with Crippen LogP contribution in [0.3, 0.4) is 0 Å². The molecule has 6 heteroatoms. The highest BCUT2D eigenvalue weighted by Crippen LogP contribution is 2.40. The van der Waals surface area contributed by atoms with Gasteiger partial charge in [-0.1, -0.05) is 120 Å². The molecule has 11 rings (SSSR count). The fourth-order valence-corrected chi connectivity index (χ4v) is 8.57. The fraction of sp³-hybridized carbons (Fsp3) is 0.0909. The highest BCUT2D eigenvalue weighted by atomic mass is 79.9. The number of nitrogens with zero attached hydrogens (tertiary/aromatic N) is 2. The van der Waals surface area contributed by atoms with Crippen molar-refractivity contribution in [2.45, 2.75) is 12.8 Å². The van der Waals surface area contributed by atoms with Crippen LogP contribution in [0.4, 0.5) is 0 Å². The van der Waals surface area contributed by atoms with Crippen molar-refractivity contribution in [1.29, 1.82) is 0 Å². The number of halogens is 3. The number of para-hydroxylation sites is 2. The average molecular weight is 755 g/mol. The van der Waals surface area contributed by atoms with Gasteiger partial charge in [-0.25, -0.2) is 0 Å². The summed E-state index contributed by atoms with van der Waals surface area (Å²) in [7, 11) is 0. The van der Waals surface area contributed by atoms with Crippen LogP contribution >= 0.6 is 39.1 Å². The van der Waals surface area contributed by atoms with E-state index in [1.54, 1.807) is 0 Å². The Hall–Kier alpha value is -4.58. The van der Waals surface area contributed by atoms with Gasteiger partial charge in [-0.15, -0.1) is 0 Å². The van der Waals surface area contributed by atoms with Crippen molar-refractivity contribution >= 4 is 115 Å². The van der Waals surface area contributed by atoms with Crippen LogP contribution in [0, 0.1) is 0 Å². The predicted molar refractivity (Wildman–Crippen MR) is 218 cm³/mol. The number of pyridine rings is 2. The van der Waals surface area contributed by atoms with E-state index < -0.39 is 0 Å². The van der Waals surface area contributed by atoms with Gasteiger partial charge in [-0.05, 0) is 82.0 Å². The summed E-state index contributed by atoms with van der Waals surface area (Å²) in [6.45, 7) is 2.00. The van der Waals surface area contributed by atoms with Gasteiger partial charge in [-0.2, -0.15) is 0 Å². The maximum absolute atomic E-state index is 6.27. The molecule has 4 aromatic heterocycles. The highest BCUT2D eigenvalue weighted by molar-refractivity contribution is 9.10. The van der Waals surface area contributed by atoms with Crippen LogP contribution < -0.4 is 0 Å². The van der Waals surface area contributed by atoms with Crippen molar-refractivity contribution in [2.75, 3.05) is 13.2 Å². The van der Waals surface area contributed by atoms with Gasteiger partial charge in [0.2, 0.25) is 0 Å². The molecule has 6 aromatic carbocycles. The van der Waals surface area contributed by atoms with Gasteiger partial charge in [-0.3, -0.25) is 0 Å². The summed E-state index contributed by atoms with van der Waals surface area (Å²) in [5.74, 6) is 0. The normalized spacial score (nSPS) is 13.1. The molecule has 0 aliphatic carbocycles. The zero-order chi connectivity index (χ0) is 33.8. The minimum atomic E-state index is 0.752. The molecule has 0 spiro atoms. The number of ether oxygens (including phenoxy) is 1. The third-order valence-corrected chi connectivity index (χ3v) is 11.0. The molecule has 1 fully saturated rings. The molecule has 10 aromatic rings. The van der Waals surface area contributed by atoms with Crippen molar-refractivity contribution in [3.05, 3.63) is 154 Å². The van der Waals surface area contributed by atoms with E-state index in [0.717, 1.165) is 38.8 Å². The number of hydrogen-bond acceptors (Lipinski definition) is 1. The van der Waals surface area contributed by atoms with Crippen molar-refractivity contribution < 1.29 is 4.74 Å². The van der Waals surface area contributed by atoms with Crippen LogP contribution in [0.2, 0.25) is 10.0 Å². The number of rotatable bonds is 0. The molecule has 1 aliphatic rings. The largest absolute Gasteiger partial charge is 0.381 e. The van der Waals surface area contributed by atoms with Gasteiger partial charge in [0.1, 0.15) is 0 Å². The lowest BCUT2D eigenvalue weighted by molar-refractivity contribution is 0.198. The van der Waals surface area contributed by atoms with E-state index in [1.165, 1.54) is 78.0 Å².